The second-order valence-corrected chi connectivity index (χ2v) is 11.6. The quantitative estimate of drug-likeness (QED) is 0.546. The lowest BCUT2D eigenvalue weighted by atomic mass is 9.99. The molecule has 2 aliphatic rings. The highest BCUT2D eigenvalue weighted by molar-refractivity contribution is 7.10. The first-order valence-electron chi connectivity index (χ1n) is 12.0. The van der Waals surface area contributed by atoms with Gasteiger partial charge in [0.25, 0.3) is 0 Å². The van der Waals surface area contributed by atoms with E-state index in [1.165, 1.54) is 16.0 Å². The maximum absolute atomic E-state index is 13.6. The molecule has 33 heavy (non-hydrogen) atoms. The van der Waals surface area contributed by atoms with Crippen LogP contribution in [-0.2, 0) is 16.0 Å². The molecule has 0 N–H and O–H groups in total. The fourth-order valence-electron chi connectivity index (χ4n) is 4.42. The highest BCUT2D eigenvalue weighted by Gasteiger charge is 2.40. The zero-order valence-electron chi connectivity index (χ0n) is 20.5. The molecule has 1 atom stereocenters. The Morgan fingerprint density at radius 3 is 2.45 bits per heavy atom. The predicted octanol–water partition coefficient (Wildman–Crippen LogP) is 5.41. The van der Waals surface area contributed by atoms with Crippen molar-refractivity contribution in [3.8, 4) is 5.75 Å². The van der Waals surface area contributed by atoms with Crippen molar-refractivity contribution < 1.29 is 14.3 Å². The minimum Gasteiger partial charge on any atom is -0.491 e. The minimum absolute atomic E-state index is 0.000435. The molecule has 6 heteroatoms. The first-order valence-corrected chi connectivity index (χ1v) is 12.9. The molecule has 1 aromatic carbocycles. The topological polar surface area (TPSA) is 49.9 Å². The van der Waals surface area contributed by atoms with Gasteiger partial charge in [-0.2, -0.15) is 0 Å². The molecule has 2 aromatic rings. The van der Waals surface area contributed by atoms with Crippen molar-refractivity contribution in [1.29, 1.82) is 0 Å². The number of fused-ring (bicyclic) bond motifs is 1. The molecule has 0 unspecified atom stereocenters. The van der Waals surface area contributed by atoms with Gasteiger partial charge in [0.2, 0.25) is 11.8 Å². The highest BCUT2D eigenvalue weighted by Crippen LogP contribution is 2.36. The second-order valence-electron chi connectivity index (χ2n) is 10.6. The van der Waals surface area contributed by atoms with Gasteiger partial charge in [0.05, 0.1) is 6.04 Å². The van der Waals surface area contributed by atoms with Crippen LogP contribution in [0.1, 0.15) is 75.4 Å². The number of benzene rings is 1. The summed E-state index contributed by atoms with van der Waals surface area (Å²) in [6.45, 7) is 11.6. The molecule has 2 heterocycles. The first-order chi connectivity index (χ1) is 15.6. The van der Waals surface area contributed by atoms with E-state index < -0.39 is 0 Å². The van der Waals surface area contributed by atoms with Crippen LogP contribution in [0.25, 0.3) is 0 Å². The van der Waals surface area contributed by atoms with E-state index in [2.05, 4.69) is 37.4 Å². The largest absolute Gasteiger partial charge is 0.491 e. The van der Waals surface area contributed by atoms with Crippen LogP contribution in [0.5, 0.6) is 5.75 Å². The van der Waals surface area contributed by atoms with Gasteiger partial charge in [-0.15, -0.1) is 11.3 Å². The van der Waals surface area contributed by atoms with Crippen molar-refractivity contribution in [1.82, 2.24) is 9.80 Å². The number of amides is 2. The zero-order valence-corrected chi connectivity index (χ0v) is 21.3. The van der Waals surface area contributed by atoms with Crippen LogP contribution in [0, 0.1) is 5.92 Å². The molecule has 0 bridgehead atoms. The summed E-state index contributed by atoms with van der Waals surface area (Å²) in [5.74, 6) is 1.49. The summed E-state index contributed by atoms with van der Waals surface area (Å²) < 4.78 is 6.19. The van der Waals surface area contributed by atoms with Gasteiger partial charge in [0.15, 0.2) is 0 Å². The Kier molecular flexibility index (Phi) is 6.85. The van der Waals surface area contributed by atoms with Gasteiger partial charge in [0, 0.05) is 22.9 Å². The Morgan fingerprint density at radius 1 is 1.15 bits per heavy atom. The van der Waals surface area contributed by atoms with E-state index in [0.29, 0.717) is 19.1 Å². The van der Waals surface area contributed by atoms with Crippen molar-refractivity contribution in [2.75, 3.05) is 19.7 Å². The van der Waals surface area contributed by atoms with Gasteiger partial charge in [-0.1, -0.05) is 26.0 Å². The smallest absolute Gasteiger partial charge is 0.242 e. The predicted molar refractivity (Wildman–Crippen MR) is 133 cm³/mol. The summed E-state index contributed by atoms with van der Waals surface area (Å²) in [4.78, 5) is 31.5. The molecule has 0 spiro atoms. The standard InChI is InChI=1S/C27H36N2O3S/c1-18(2)19-8-10-21(11-9-19)32-17-23-22-13-15-33-24(22)12-14-28(23)25(30)16-29(27(3,4)5)26(31)20-6-7-20/h8-11,13,15,18,20,23H,6-7,12,14,16-17H2,1-5H3/t23-/m1/s1. The van der Waals surface area contributed by atoms with Crippen molar-refractivity contribution in [2.24, 2.45) is 5.92 Å². The van der Waals surface area contributed by atoms with Gasteiger partial charge < -0.3 is 14.5 Å². The first kappa shape index (κ1) is 23.8. The summed E-state index contributed by atoms with van der Waals surface area (Å²) in [5, 5.41) is 2.10. The summed E-state index contributed by atoms with van der Waals surface area (Å²) >= 11 is 1.75. The van der Waals surface area contributed by atoms with Crippen molar-refractivity contribution in [3.05, 3.63) is 51.7 Å². The summed E-state index contributed by atoms with van der Waals surface area (Å²) in [5.41, 5.74) is 2.07. The van der Waals surface area contributed by atoms with Crippen LogP contribution in [-0.4, -0.2) is 46.8 Å². The SMILES string of the molecule is CC(C)c1ccc(OC[C@@H]2c3ccsc3CCN2C(=O)CN(C(=O)C2CC2)C(C)(C)C)cc1. The van der Waals surface area contributed by atoms with E-state index in [0.717, 1.165) is 25.0 Å². The Labute approximate surface area is 201 Å². The molecule has 1 aliphatic heterocycles. The van der Waals surface area contributed by atoms with Crippen molar-refractivity contribution >= 4 is 23.2 Å². The van der Waals surface area contributed by atoms with Crippen LogP contribution in [0.15, 0.2) is 35.7 Å². The van der Waals surface area contributed by atoms with Crippen LogP contribution in [0.2, 0.25) is 0 Å². The second kappa shape index (κ2) is 9.49. The lowest BCUT2D eigenvalue weighted by Gasteiger charge is -2.40. The Morgan fingerprint density at radius 2 is 1.85 bits per heavy atom. The Bertz CT molecular complexity index is 986. The molecule has 0 radical (unpaired) electrons. The number of thiophene rings is 1. The molecule has 4 rings (SSSR count). The van der Waals surface area contributed by atoms with E-state index in [-0.39, 0.29) is 35.9 Å². The highest BCUT2D eigenvalue weighted by atomic mass is 32.1. The third kappa shape index (κ3) is 5.43. The maximum Gasteiger partial charge on any atom is 0.242 e. The monoisotopic (exact) mass is 468 g/mol. The number of ether oxygens (including phenoxy) is 1. The minimum atomic E-state index is -0.386. The average molecular weight is 469 g/mol. The molecular weight excluding hydrogens is 432 g/mol. The summed E-state index contributed by atoms with van der Waals surface area (Å²) in [6.07, 6.45) is 2.73. The number of nitrogens with zero attached hydrogens (tertiary/aromatic N) is 2. The molecule has 2 amide bonds. The van der Waals surface area contributed by atoms with E-state index in [9.17, 15) is 9.59 Å². The molecule has 0 saturated heterocycles. The van der Waals surface area contributed by atoms with E-state index in [1.807, 2.05) is 37.8 Å². The summed E-state index contributed by atoms with van der Waals surface area (Å²) in [7, 11) is 0. The third-order valence-electron chi connectivity index (χ3n) is 6.67. The lowest BCUT2D eigenvalue weighted by Crippen LogP contribution is -2.53. The number of hydrogen-bond acceptors (Lipinski definition) is 4. The normalized spacial score (nSPS) is 18.2. The lowest BCUT2D eigenvalue weighted by molar-refractivity contribution is -0.147. The summed E-state index contributed by atoms with van der Waals surface area (Å²) in [6, 6.07) is 10.2. The molecule has 1 saturated carbocycles. The Hall–Kier alpha value is -2.34. The van der Waals surface area contributed by atoms with E-state index in [4.69, 9.17) is 4.74 Å². The molecular formula is C27H36N2O3S. The van der Waals surface area contributed by atoms with Gasteiger partial charge in [-0.25, -0.2) is 0 Å². The molecule has 1 fully saturated rings. The van der Waals surface area contributed by atoms with E-state index >= 15 is 0 Å². The number of carbonyl (C=O) groups is 2. The maximum atomic E-state index is 13.6. The van der Waals surface area contributed by atoms with Crippen molar-refractivity contribution in [2.45, 2.75) is 71.4 Å². The number of rotatable bonds is 7. The molecule has 178 valence electrons. The number of hydrogen-bond donors (Lipinski definition) is 0. The third-order valence-corrected chi connectivity index (χ3v) is 7.66. The number of carbonyl (C=O) groups excluding carboxylic acids is 2. The van der Waals surface area contributed by atoms with Gasteiger partial charge in [-0.3, -0.25) is 9.59 Å². The molecule has 5 nitrogen and oxygen atoms in total. The zero-order chi connectivity index (χ0) is 23.8. The van der Waals surface area contributed by atoms with E-state index in [1.54, 1.807) is 16.2 Å². The van der Waals surface area contributed by atoms with Crippen molar-refractivity contribution in [3.63, 3.8) is 0 Å². The van der Waals surface area contributed by atoms with Crippen LogP contribution in [0.3, 0.4) is 0 Å². The fourth-order valence-corrected chi connectivity index (χ4v) is 5.35. The van der Waals surface area contributed by atoms with Crippen LogP contribution < -0.4 is 4.74 Å². The fraction of sp³-hybridized carbons (Fsp3) is 0.556. The van der Waals surface area contributed by atoms with Gasteiger partial charge >= 0.3 is 0 Å². The Balaban J connectivity index is 1.50. The molecule has 1 aromatic heterocycles. The average Bonchev–Trinajstić information content (AvgIpc) is 3.51. The molecule has 1 aliphatic carbocycles. The van der Waals surface area contributed by atoms with Gasteiger partial charge in [-0.05, 0) is 80.7 Å². The van der Waals surface area contributed by atoms with Crippen LogP contribution in [0.4, 0.5) is 0 Å². The van der Waals surface area contributed by atoms with Gasteiger partial charge in [0.1, 0.15) is 18.9 Å². The van der Waals surface area contributed by atoms with Crippen LogP contribution >= 0.6 is 11.3 Å².